The molecule has 5 rings (SSSR count). The smallest absolute Gasteiger partial charge is 0.253 e. The van der Waals surface area contributed by atoms with Gasteiger partial charge in [0.15, 0.2) is 0 Å². The zero-order chi connectivity index (χ0) is 23.5. The summed E-state index contributed by atoms with van der Waals surface area (Å²) in [5.41, 5.74) is 2.29. The summed E-state index contributed by atoms with van der Waals surface area (Å²) < 4.78 is 10.6. The molecule has 1 N–H and O–H groups in total. The SMILES string of the molecule is O=C(Nc1ccc(N2CCOCC2=O)cc1)[C@H]1CCCN1Cc1nc(-c2ccc(Cl)cc2)no1. The van der Waals surface area contributed by atoms with Crippen LogP contribution in [0, 0.1) is 0 Å². The number of hydrogen-bond donors (Lipinski definition) is 1. The molecule has 2 fully saturated rings. The molecule has 1 atom stereocenters. The first-order valence-corrected chi connectivity index (χ1v) is 11.6. The van der Waals surface area contributed by atoms with Gasteiger partial charge < -0.3 is 19.5 Å². The normalized spacial score (nSPS) is 18.9. The Morgan fingerprint density at radius 3 is 2.68 bits per heavy atom. The number of aromatic nitrogens is 2. The molecule has 9 nitrogen and oxygen atoms in total. The van der Waals surface area contributed by atoms with E-state index >= 15 is 0 Å². The van der Waals surface area contributed by atoms with Gasteiger partial charge in [-0.05, 0) is 67.9 Å². The number of ether oxygens (including phenoxy) is 1. The van der Waals surface area contributed by atoms with E-state index in [4.69, 9.17) is 20.9 Å². The molecule has 10 heteroatoms. The van der Waals surface area contributed by atoms with E-state index in [0.29, 0.717) is 42.1 Å². The lowest BCUT2D eigenvalue weighted by Gasteiger charge is -2.27. The number of nitrogens with one attached hydrogen (secondary N) is 1. The maximum atomic E-state index is 13.0. The molecule has 0 unspecified atom stereocenters. The van der Waals surface area contributed by atoms with Crippen LogP contribution in [0.3, 0.4) is 0 Å². The Kier molecular flexibility index (Phi) is 6.57. The number of hydrogen-bond acceptors (Lipinski definition) is 7. The Hall–Kier alpha value is -3.27. The molecule has 176 valence electrons. The highest BCUT2D eigenvalue weighted by Gasteiger charge is 2.32. The van der Waals surface area contributed by atoms with Crippen molar-refractivity contribution in [3.8, 4) is 11.4 Å². The van der Waals surface area contributed by atoms with Crippen LogP contribution in [0.1, 0.15) is 18.7 Å². The van der Waals surface area contributed by atoms with Gasteiger partial charge in [-0.2, -0.15) is 4.98 Å². The number of morpholine rings is 1. The molecular formula is C24H24ClN5O4. The third-order valence-electron chi connectivity index (χ3n) is 6.01. The standard InChI is InChI=1S/C24H24ClN5O4/c25-17-5-3-16(4-6-17)23-27-21(34-28-23)14-29-11-1-2-20(29)24(32)26-18-7-9-19(10-8-18)30-12-13-33-15-22(30)31/h3-10,20H,1-2,11-15H2,(H,26,32)/t20-/m1/s1. The Morgan fingerprint density at radius 1 is 1.12 bits per heavy atom. The molecular weight excluding hydrogens is 458 g/mol. The van der Waals surface area contributed by atoms with Crippen molar-refractivity contribution in [3.05, 3.63) is 59.4 Å². The molecule has 3 heterocycles. The summed E-state index contributed by atoms with van der Waals surface area (Å²) in [5.74, 6) is 0.810. The highest BCUT2D eigenvalue weighted by atomic mass is 35.5. The summed E-state index contributed by atoms with van der Waals surface area (Å²) in [6.45, 7) is 2.31. The van der Waals surface area contributed by atoms with Crippen molar-refractivity contribution in [1.29, 1.82) is 0 Å². The molecule has 0 spiro atoms. The van der Waals surface area contributed by atoms with E-state index in [2.05, 4.69) is 20.4 Å². The summed E-state index contributed by atoms with van der Waals surface area (Å²) in [6.07, 6.45) is 1.67. The van der Waals surface area contributed by atoms with E-state index in [9.17, 15) is 9.59 Å². The van der Waals surface area contributed by atoms with Crippen LogP contribution in [0.2, 0.25) is 5.02 Å². The minimum Gasteiger partial charge on any atom is -0.370 e. The predicted molar refractivity (Wildman–Crippen MR) is 126 cm³/mol. The zero-order valence-corrected chi connectivity index (χ0v) is 19.2. The Labute approximate surface area is 201 Å². The fraction of sp³-hybridized carbons (Fsp3) is 0.333. The summed E-state index contributed by atoms with van der Waals surface area (Å²) in [6, 6.07) is 14.2. The third kappa shape index (κ3) is 4.96. The topological polar surface area (TPSA) is 101 Å². The number of likely N-dealkylation sites (tertiary alicyclic amines) is 1. The van der Waals surface area contributed by atoms with Crippen molar-refractivity contribution < 1.29 is 18.8 Å². The number of anilines is 2. The van der Waals surface area contributed by atoms with E-state index in [1.807, 2.05) is 36.4 Å². The van der Waals surface area contributed by atoms with Crippen molar-refractivity contribution in [2.24, 2.45) is 0 Å². The summed E-state index contributed by atoms with van der Waals surface area (Å²) >= 11 is 5.94. The summed E-state index contributed by atoms with van der Waals surface area (Å²) in [5, 5.41) is 7.69. The van der Waals surface area contributed by atoms with Crippen molar-refractivity contribution in [3.63, 3.8) is 0 Å². The van der Waals surface area contributed by atoms with Gasteiger partial charge in [0.1, 0.15) is 6.61 Å². The second-order valence-corrected chi connectivity index (χ2v) is 8.72. The fourth-order valence-electron chi connectivity index (χ4n) is 4.26. The van der Waals surface area contributed by atoms with E-state index in [0.717, 1.165) is 30.6 Å². The van der Waals surface area contributed by atoms with Gasteiger partial charge >= 0.3 is 0 Å². The van der Waals surface area contributed by atoms with Crippen LogP contribution in [0.15, 0.2) is 53.1 Å². The van der Waals surface area contributed by atoms with Gasteiger partial charge in [-0.3, -0.25) is 14.5 Å². The van der Waals surface area contributed by atoms with E-state index in [1.54, 1.807) is 17.0 Å². The van der Waals surface area contributed by atoms with Crippen LogP contribution in [-0.4, -0.2) is 59.2 Å². The number of nitrogens with zero attached hydrogens (tertiary/aromatic N) is 4. The average molecular weight is 482 g/mol. The van der Waals surface area contributed by atoms with Gasteiger partial charge in [0.05, 0.1) is 19.2 Å². The first-order valence-electron chi connectivity index (χ1n) is 11.2. The van der Waals surface area contributed by atoms with Gasteiger partial charge in [0.25, 0.3) is 5.91 Å². The zero-order valence-electron chi connectivity index (χ0n) is 18.4. The van der Waals surface area contributed by atoms with E-state index in [1.165, 1.54) is 0 Å². The number of rotatable bonds is 6. The van der Waals surface area contributed by atoms with Crippen LogP contribution in [0.4, 0.5) is 11.4 Å². The molecule has 0 radical (unpaired) electrons. The Bertz CT molecular complexity index is 1160. The second kappa shape index (κ2) is 9.92. The van der Waals surface area contributed by atoms with E-state index in [-0.39, 0.29) is 24.5 Å². The molecule has 34 heavy (non-hydrogen) atoms. The maximum absolute atomic E-state index is 13.0. The lowest BCUT2D eigenvalue weighted by atomic mass is 10.2. The molecule has 0 aliphatic carbocycles. The molecule has 2 aromatic carbocycles. The highest BCUT2D eigenvalue weighted by molar-refractivity contribution is 6.30. The van der Waals surface area contributed by atoms with Crippen molar-refractivity contribution >= 4 is 34.8 Å². The molecule has 2 aliphatic rings. The number of halogens is 1. The number of benzene rings is 2. The van der Waals surface area contributed by atoms with Gasteiger partial charge in [0.2, 0.25) is 17.6 Å². The summed E-state index contributed by atoms with van der Waals surface area (Å²) in [7, 11) is 0. The fourth-order valence-corrected chi connectivity index (χ4v) is 4.39. The van der Waals surface area contributed by atoms with Gasteiger partial charge in [-0.25, -0.2) is 0 Å². The number of carbonyl (C=O) groups excluding carboxylic acids is 2. The Balaban J connectivity index is 1.20. The molecule has 2 aliphatic heterocycles. The van der Waals surface area contributed by atoms with Crippen LogP contribution in [0.5, 0.6) is 0 Å². The minimum absolute atomic E-state index is 0.0649. The molecule has 0 bridgehead atoms. The van der Waals surface area contributed by atoms with E-state index < -0.39 is 0 Å². The molecule has 1 aromatic heterocycles. The van der Waals surface area contributed by atoms with Crippen LogP contribution >= 0.6 is 11.6 Å². The van der Waals surface area contributed by atoms with Crippen LogP contribution < -0.4 is 10.2 Å². The summed E-state index contributed by atoms with van der Waals surface area (Å²) in [4.78, 5) is 33.2. The molecule has 2 amide bonds. The van der Waals surface area contributed by atoms with Crippen molar-refractivity contribution in [2.45, 2.75) is 25.4 Å². The quantitative estimate of drug-likeness (QED) is 0.576. The van der Waals surface area contributed by atoms with Crippen molar-refractivity contribution in [1.82, 2.24) is 15.0 Å². The maximum Gasteiger partial charge on any atom is 0.253 e. The first-order chi connectivity index (χ1) is 16.6. The number of amides is 2. The molecule has 2 saturated heterocycles. The first kappa shape index (κ1) is 22.5. The average Bonchev–Trinajstić information content (AvgIpc) is 3.51. The molecule has 0 saturated carbocycles. The van der Waals surface area contributed by atoms with Crippen LogP contribution in [0.25, 0.3) is 11.4 Å². The van der Waals surface area contributed by atoms with Gasteiger partial charge in [0, 0.05) is 28.5 Å². The second-order valence-electron chi connectivity index (χ2n) is 8.28. The lowest BCUT2D eigenvalue weighted by Crippen LogP contribution is -2.41. The lowest BCUT2D eigenvalue weighted by molar-refractivity contribution is -0.125. The largest absolute Gasteiger partial charge is 0.370 e. The van der Waals surface area contributed by atoms with Gasteiger partial charge in [-0.1, -0.05) is 16.8 Å². The molecule has 3 aromatic rings. The monoisotopic (exact) mass is 481 g/mol. The predicted octanol–water partition coefficient (Wildman–Crippen LogP) is 3.36. The minimum atomic E-state index is -0.286. The number of carbonyl (C=O) groups is 2. The third-order valence-corrected chi connectivity index (χ3v) is 6.26. The highest BCUT2D eigenvalue weighted by Crippen LogP contribution is 2.24. The van der Waals surface area contributed by atoms with Crippen molar-refractivity contribution in [2.75, 3.05) is 36.5 Å². The Morgan fingerprint density at radius 2 is 1.91 bits per heavy atom. The van der Waals surface area contributed by atoms with Crippen LogP contribution in [-0.2, 0) is 20.9 Å². The van der Waals surface area contributed by atoms with Gasteiger partial charge in [-0.15, -0.1) is 0 Å².